The van der Waals surface area contributed by atoms with Crippen LogP contribution in [0.1, 0.15) is 49.9 Å². The number of rotatable bonds is 3. The van der Waals surface area contributed by atoms with E-state index >= 15 is 0 Å². The molecule has 2 aliphatic carbocycles. The summed E-state index contributed by atoms with van der Waals surface area (Å²) in [6.45, 7) is 9.50. The van der Waals surface area contributed by atoms with Gasteiger partial charge in [-0.05, 0) is 150 Å². The molecule has 282 valence electrons. The predicted octanol–water partition coefficient (Wildman–Crippen LogP) is 16.5. The largest absolute Gasteiger partial charge is 0.0619 e. The van der Waals surface area contributed by atoms with Gasteiger partial charge >= 0.3 is 0 Å². The van der Waals surface area contributed by atoms with Crippen LogP contribution >= 0.6 is 0 Å². The monoisotopic (exact) mass is 762 g/mol. The highest BCUT2D eigenvalue weighted by atomic mass is 14.4. The van der Waals surface area contributed by atoms with Crippen molar-refractivity contribution in [3.8, 4) is 55.6 Å². The van der Waals surface area contributed by atoms with E-state index in [4.69, 9.17) is 0 Å². The van der Waals surface area contributed by atoms with Crippen molar-refractivity contribution in [2.45, 2.75) is 38.5 Å². The lowest BCUT2D eigenvalue weighted by molar-refractivity contribution is 0.660. The number of benzene rings is 11. The van der Waals surface area contributed by atoms with E-state index in [2.05, 4.69) is 210 Å². The molecule has 0 aromatic heterocycles. The number of hydrogen-bond acceptors (Lipinski definition) is 0. The molecule has 0 nitrogen and oxygen atoms in total. The van der Waals surface area contributed by atoms with Gasteiger partial charge in [0.05, 0.1) is 0 Å². The van der Waals surface area contributed by atoms with Crippen molar-refractivity contribution in [2.75, 3.05) is 0 Å². The molecule has 0 saturated heterocycles. The zero-order chi connectivity index (χ0) is 40.1. The average molecular weight is 763 g/mol. The second-order valence-electron chi connectivity index (χ2n) is 18.4. The zero-order valence-corrected chi connectivity index (χ0v) is 34.3. The smallest absolute Gasteiger partial charge is 0.0159 e. The van der Waals surface area contributed by atoms with Crippen molar-refractivity contribution in [3.05, 3.63) is 204 Å². The van der Waals surface area contributed by atoms with E-state index in [1.54, 1.807) is 0 Å². The Morgan fingerprint density at radius 1 is 0.267 bits per heavy atom. The van der Waals surface area contributed by atoms with Gasteiger partial charge in [0.25, 0.3) is 0 Å². The summed E-state index contributed by atoms with van der Waals surface area (Å²) < 4.78 is 0. The second kappa shape index (κ2) is 11.8. The van der Waals surface area contributed by atoms with E-state index in [0.717, 1.165) is 0 Å². The summed E-state index contributed by atoms with van der Waals surface area (Å²) in [5.74, 6) is 0. The second-order valence-corrected chi connectivity index (χ2v) is 18.4. The van der Waals surface area contributed by atoms with Gasteiger partial charge in [-0.3, -0.25) is 0 Å². The molecule has 11 aromatic carbocycles. The van der Waals surface area contributed by atoms with Crippen molar-refractivity contribution in [2.24, 2.45) is 0 Å². The molecule has 2 aliphatic rings. The molecule has 0 aliphatic heterocycles. The topological polar surface area (TPSA) is 0 Å². The first kappa shape index (κ1) is 33.9. The lowest BCUT2D eigenvalue weighted by Crippen LogP contribution is -2.14. The Hall–Kier alpha value is -7.02. The van der Waals surface area contributed by atoms with Crippen LogP contribution in [0.15, 0.2) is 182 Å². The molecule has 0 saturated carbocycles. The van der Waals surface area contributed by atoms with E-state index in [9.17, 15) is 0 Å². The fourth-order valence-corrected chi connectivity index (χ4v) is 11.7. The number of hydrogen-bond donors (Lipinski definition) is 0. The van der Waals surface area contributed by atoms with Crippen LogP contribution in [0, 0.1) is 0 Å². The summed E-state index contributed by atoms with van der Waals surface area (Å²) in [7, 11) is 0. The molecule has 11 aromatic rings. The SMILES string of the molecule is CC1(C)c2ccccc2-c2cc(-c3c4ccccc4c(-c4ccc5ccc6cccc7ccc4c5c67)c4ccc(-c5ccc6c(c5)C(C)(C)c5ccccc5-6)cc34)ccc21. The van der Waals surface area contributed by atoms with Gasteiger partial charge in [-0.25, -0.2) is 0 Å². The molecular formula is C60H42. The van der Waals surface area contributed by atoms with Crippen LogP contribution in [0.2, 0.25) is 0 Å². The molecule has 0 atom stereocenters. The Morgan fingerprint density at radius 2 is 0.767 bits per heavy atom. The third kappa shape index (κ3) is 4.41. The molecule has 0 N–H and O–H groups in total. The third-order valence-electron chi connectivity index (χ3n) is 14.6. The molecular weight excluding hydrogens is 721 g/mol. The average Bonchev–Trinajstić information content (AvgIpc) is 3.66. The van der Waals surface area contributed by atoms with E-state index in [1.165, 1.54) is 132 Å². The lowest BCUT2D eigenvalue weighted by Gasteiger charge is -2.23. The highest BCUT2D eigenvalue weighted by molar-refractivity contribution is 6.29. The van der Waals surface area contributed by atoms with Gasteiger partial charge in [0.1, 0.15) is 0 Å². The Kier molecular flexibility index (Phi) is 6.67. The standard InChI is InChI=1S/C60H42/c1-59(2)52-19-10-8-15-42(52)49-33-40(26-31-53(49)59)56-44-16-5-6-17-45(44)58(47-29-23-37-21-20-35-12-11-13-36-22-28-46(47)57(37)55(35)36)48-30-25-38(32-50(48)56)39-24-27-43-41-14-7-9-18-51(41)60(3,4)54(43)34-39/h5-34H,1-4H3. The number of fused-ring (bicyclic) bond motifs is 8. The minimum Gasteiger partial charge on any atom is -0.0619 e. The van der Waals surface area contributed by atoms with Crippen LogP contribution < -0.4 is 0 Å². The first-order valence-electron chi connectivity index (χ1n) is 21.4. The lowest BCUT2D eigenvalue weighted by atomic mass is 9.80. The molecule has 0 bridgehead atoms. The fraction of sp³-hybridized carbons (Fsp3) is 0.100. The molecule has 13 rings (SSSR count). The molecule has 0 heteroatoms. The summed E-state index contributed by atoms with van der Waals surface area (Å²) in [6, 6.07) is 69.5. The summed E-state index contributed by atoms with van der Waals surface area (Å²) >= 11 is 0. The minimum atomic E-state index is -0.0726. The molecule has 0 radical (unpaired) electrons. The fourth-order valence-electron chi connectivity index (χ4n) is 11.7. The first-order valence-corrected chi connectivity index (χ1v) is 21.4. The van der Waals surface area contributed by atoms with E-state index in [1.807, 2.05) is 0 Å². The van der Waals surface area contributed by atoms with E-state index in [-0.39, 0.29) is 10.8 Å². The summed E-state index contributed by atoms with van der Waals surface area (Å²) in [6.07, 6.45) is 0. The van der Waals surface area contributed by atoms with E-state index < -0.39 is 0 Å². The van der Waals surface area contributed by atoms with Crippen molar-refractivity contribution in [1.82, 2.24) is 0 Å². The van der Waals surface area contributed by atoms with Crippen LogP contribution in [0.4, 0.5) is 0 Å². The van der Waals surface area contributed by atoms with Gasteiger partial charge in [0.15, 0.2) is 0 Å². The molecule has 60 heavy (non-hydrogen) atoms. The molecule has 0 spiro atoms. The molecule has 0 unspecified atom stereocenters. The van der Waals surface area contributed by atoms with Gasteiger partial charge in [-0.15, -0.1) is 0 Å². The van der Waals surface area contributed by atoms with Crippen LogP contribution in [0.25, 0.3) is 109 Å². The van der Waals surface area contributed by atoms with Crippen LogP contribution in [-0.4, -0.2) is 0 Å². The van der Waals surface area contributed by atoms with Gasteiger partial charge in [0.2, 0.25) is 0 Å². The van der Waals surface area contributed by atoms with Crippen LogP contribution in [-0.2, 0) is 10.8 Å². The van der Waals surface area contributed by atoms with Crippen molar-refractivity contribution >= 4 is 53.9 Å². The first-order chi connectivity index (χ1) is 29.3. The molecule has 0 amide bonds. The Morgan fingerprint density at radius 3 is 1.53 bits per heavy atom. The summed E-state index contributed by atoms with van der Waals surface area (Å²) in [5, 5.41) is 13.0. The Bertz CT molecular complexity index is 3630. The Labute approximate surface area is 350 Å². The van der Waals surface area contributed by atoms with Gasteiger partial charge < -0.3 is 0 Å². The van der Waals surface area contributed by atoms with Crippen molar-refractivity contribution < 1.29 is 0 Å². The zero-order valence-electron chi connectivity index (χ0n) is 34.3. The van der Waals surface area contributed by atoms with E-state index in [0.29, 0.717) is 0 Å². The maximum Gasteiger partial charge on any atom is 0.0159 e. The van der Waals surface area contributed by atoms with Crippen molar-refractivity contribution in [3.63, 3.8) is 0 Å². The normalized spacial score (nSPS) is 14.6. The minimum absolute atomic E-state index is 0.0539. The Balaban J connectivity index is 1.12. The van der Waals surface area contributed by atoms with Crippen molar-refractivity contribution in [1.29, 1.82) is 0 Å². The van der Waals surface area contributed by atoms with Crippen LogP contribution in [0.5, 0.6) is 0 Å². The highest BCUT2D eigenvalue weighted by Crippen LogP contribution is 2.53. The summed E-state index contributed by atoms with van der Waals surface area (Å²) in [4.78, 5) is 0. The molecule has 0 fully saturated rings. The highest BCUT2D eigenvalue weighted by Gasteiger charge is 2.37. The maximum atomic E-state index is 2.50. The maximum absolute atomic E-state index is 2.50. The van der Waals surface area contributed by atoms with Gasteiger partial charge in [0, 0.05) is 10.8 Å². The molecule has 0 heterocycles. The summed E-state index contributed by atoms with van der Waals surface area (Å²) in [5.41, 5.74) is 18.5. The van der Waals surface area contributed by atoms with Crippen LogP contribution in [0.3, 0.4) is 0 Å². The predicted molar refractivity (Wildman–Crippen MR) is 257 cm³/mol. The van der Waals surface area contributed by atoms with Gasteiger partial charge in [-0.1, -0.05) is 191 Å². The quantitative estimate of drug-likeness (QED) is 0.124. The third-order valence-corrected chi connectivity index (χ3v) is 14.6. The van der Waals surface area contributed by atoms with Gasteiger partial charge in [-0.2, -0.15) is 0 Å².